The quantitative estimate of drug-likeness (QED) is 0.0255. The first kappa shape index (κ1) is 55.9. The van der Waals surface area contributed by atoms with E-state index in [1.54, 1.807) is 43.8 Å². The van der Waals surface area contributed by atoms with Gasteiger partial charge >= 0.3 is 0 Å². The topological polar surface area (TPSA) is 0 Å². The molecule has 1 heteroatoms. The van der Waals surface area contributed by atoms with Crippen molar-refractivity contribution in [3.63, 3.8) is 0 Å². The summed E-state index contributed by atoms with van der Waals surface area (Å²) in [6.07, 6.45) is 60.7. The lowest BCUT2D eigenvalue weighted by Crippen LogP contribution is -2.02. The van der Waals surface area contributed by atoms with Crippen molar-refractivity contribution in [3.8, 4) is 0 Å². The van der Waals surface area contributed by atoms with Crippen molar-refractivity contribution in [2.45, 2.75) is 315 Å². The molecule has 4 aromatic rings. The molecule has 0 N–H and O–H groups in total. The fourth-order valence-corrected chi connectivity index (χ4v) is 11.9. The first-order valence-corrected chi connectivity index (χ1v) is 30.1. The van der Waals surface area contributed by atoms with Crippen LogP contribution in [0.15, 0.2) is 35.2 Å². The minimum absolute atomic E-state index is 1.17. The van der Waals surface area contributed by atoms with Crippen molar-refractivity contribution in [3.05, 3.63) is 52.6 Å². The van der Waals surface area contributed by atoms with Gasteiger partial charge in [-0.3, -0.25) is 0 Å². The highest BCUT2D eigenvalue weighted by atomic mass is 32.1. The second-order valence-electron chi connectivity index (χ2n) is 21.3. The second kappa shape index (κ2) is 36.3. The lowest BCUT2D eigenvalue weighted by Gasteiger charge is -2.23. The minimum Gasteiger partial charge on any atom is -0.143 e. The number of rotatable bonds is 44. The molecule has 0 heterocycles. The molecule has 0 aliphatic heterocycles. The Kier molecular flexibility index (Phi) is 31.2. The Hall–Kier alpha value is -1.73. The van der Waals surface area contributed by atoms with Crippen molar-refractivity contribution in [2.24, 2.45) is 0 Å². The maximum absolute atomic E-state index is 5.53. The van der Waals surface area contributed by atoms with E-state index in [0.717, 1.165) is 0 Å². The molecule has 0 unspecified atom stereocenters. The van der Waals surface area contributed by atoms with Crippen LogP contribution in [0.5, 0.6) is 0 Å². The molecule has 0 nitrogen and oxygen atoms in total. The Morgan fingerprint density at radius 2 is 0.477 bits per heavy atom. The van der Waals surface area contributed by atoms with E-state index in [0.29, 0.717) is 0 Å². The molecule has 0 bridgehead atoms. The molecule has 0 radical (unpaired) electrons. The molecule has 0 fully saturated rings. The van der Waals surface area contributed by atoms with Gasteiger partial charge in [0.1, 0.15) is 0 Å². The first-order valence-electron chi connectivity index (χ1n) is 29.6. The van der Waals surface area contributed by atoms with Crippen LogP contribution in [0.1, 0.15) is 307 Å². The van der Waals surface area contributed by atoms with Gasteiger partial charge in [0.15, 0.2) is 0 Å². The van der Waals surface area contributed by atoms with Crippen LogP contribution in [0, 0.1) is 0 Å². The Bertz CT molecular complexity index is 1630. The number of unbranched alkanes of at least 4 members (excludes halogenated alkanes) is 36. The van der Waals surface area contributed by atoms with Gasteiger partial charge in [-0.1, -0.05) is 289 Å². The van der Waals surface area contributed by atoms with Gasteiger partial charge < -0.3 is 0 Å². The molecule has 368 valence electrons. The summed E-state index contributed by atoms with van der Waals surface area (Å²) in [5, 5.41) is 9.36. The number of benzene rings is 4. The predicted octanol–water partition coefficient (Wildman–Crippen LogP) is 22.7. The van der Waals surface area contributed by atoms with Crippen molar-refractivity contribution in [1.82, 2.24) is 0 Å². The third-order valence-electron chi connectivity index (χ3n) is 15.6. The number of hydrogen-bond acceptors (Lipinski definition) is 1. The second-order valence-corrected chi connectivity index (χ2v) is 21.7. The van der Waals surface area contributed by atoms with Crippen LogP contribution in [0.4, 0.5) is 0 Å². The van der Waals surface area contributed by atoms with Crippen LogP contribution in [0.2, 0.25) is 0 Å². The number of hydrogen-bond donors (Lipinski definition) is 1. The van der Waals surface area contributed by atoms with Gasteiger partial charge in [0.25, 0.3) is 0 Å². The van der Waals surface area contributed by atoms with Crippen LogP contribution in [-0.4, -0.2) is 0 Å². The van der Waals surface area contributed by atoms with E-state index in [1.165, 1.54) is 298 Å². The summed E-state index contributed by atoms with van der Waals surface area (Å²) < 4.78 is 0. The zero-order valence-electron chi connectivity index (χ0n) is 43.9. The normalized spacial score (nSPS) is 12.0. The van der Waals surface area contributed by atoms with E-state index < -0.39 is 0 Å². The van der Waals surface area contributed by atoms with E-state index in [-0.39, 0.29) is 0 Å². The van der Waals surface area contributed by atoms with Gasteiger partial charge in [0, 0.05) is 4.90 Å². The fraction of sp³-hybridized carbons (Fsp3) is 0.750. The van der Waals surface area contributed by atoms with Gasteiger partial charge in [0.05, 0.1) is 0 Å². The van der Waals surface area contributed by atoms with Gasteiger partial charge in [-0.05, 0) is 106 Å². The van der Waals surface area contributed by atoms with Crippen molar-refractivity contribution >= 4 is 44.9 Å². The Morgan fingerprint density at radius 3 is 0.754 bits per heavy atom. The zero-order valence-corrected chi connectivity index (χ0v) is 44.8. The molecule has 0 saturated heterocycles. The van der Waals surface area contributed by atoms with Gasteiger partial charge in [0.2, 0.25) is 0 Å². The first-order chi connectivity index (χ1) is 32.2. The fourth-order valence-electron chi connectivity index (χ4n) is 11.4. The summed E-state index contributed by atoms with van der Waals surface area (Å²) in [6.45, 7) is 9.31. The highest BCUT2D eigenvalue weighted by Gasteiger charge is 2.21. The Labute approximate surface area is 410 Å². The summed E-state index contributed by atoms with van der Waals surface area (Å²) in [6, 6.07) is 12.9. The third kappa shape index (κ3) is 20.8. The average Bonchev–Trinajstić information content (AvgIpc) is 3.32. The van der Waals surface area contributed by atoms with Crippen molar-refractivity contribution in [2.75, 3.05) is 0 Å². The monoisotopic (exact) mass is 907 g/mol. The van der Waals surface area contributed by atoms with E-state index in [2.05, 4.69) is 58.0 Å². The SMILES string of the molecule is CCCCCCCCCCCCc1cc(CCCCCCCCCCCC)c2ccc3c(CCCCCCCCCCCC)c(S)c(CCCCCCCCCCCC)c4ccc1c2c43. The molecule has 4 aromatic carbocycles. The number of thiol groups is 1. The molecule has 0 aliphatic carbocycles. The van der Waals surface area contributed by atoms with Gasteiger partial charge in [-0.25, -0.2) is 0 Å². The zero-order chi connectivity index (χ0) is 46.0. The maximum Gasteiger partial charge on any atom is 0.0117 e. The van der Waals surface area contributed by atoms with Gasteiger partial charge in [-0.15, -0.1) is 12.6 Å². The molecule has 0 aromatic heterocycles. The van der Waals surface area contributed by atoms with Crippen LogP contribution >= 0.6 is 12.6 Å². The smallest absolute Gasteiger partial charge is 0.0117 e. The summed E-state index contributed by atoms with van der Waals surface area (Å²) in [5.41, 5.74) is 6.40. The molecule has 0 amide bonds. The Balaban J connectivity index is 1.56. The molecule has 4 rings (SSSR count). The summed E-state index contributed by atoms with van der Waals surface area (Å²) in [4.78, 5) is 1.33. The van der Waals surface area contributed by atoms with Crippen molar-refractivity contribution in [1.29, 1.82) is 0 Å². The minimum atomic E-state index is 1.17. The van der Waals surface area contributed by atoms with Crippen LogP contribution in [-0.2, 0) is 25.7 Å². The van der Waals surface area contributed by atoms with Crippen molar-refractivity contribution < 1.29 is 0 Å². The molecule has 0 spiro atoms. The largest absolute Gasteiger partial charge is 0.143 e. The van der Waals surface area contributed by atoms with E-state index in [1.807, 2.05) is 0 Å². The molecule has 65 heavy (non-hydrogen) atoms. The lowest BCUT2D eigenvalue weighted by molar-refractivity contribution is 0.554. The lowest BCUT2D eigenvalue weighted by atomic mass is 9.83. The van der Waals surface area contributed by atoms with E-state index in [4.69, 9.17) is 12.6 Å². The predicted molar refractivity (Wildman–Crippen MR) is 300 cm³/mol. The molecule has 0 atom stereocenters. The van der Waals surface area contributed by atoms with E-state index in [9.17, 15) is 0 Å². The standard InChI is InChI=1S/C64H106S/c1-5-9-13-17-21-25-29-33-37-41-45-54-53-55(46-42-38-34-30-26-22-18-14-10-6-2)57-50-52-59-61(48-44-40-36-32-28-24-20-16-12-8-4)64(65)60(58-51-49-56(54)62(57)63(58)59)47-43-39-35-31-27-23-19-15-11-7-3/h49-53,65H,5-48H2,1-4H3. The summed E-state index contributed by atoms with van der Waals surface area (Å²) in [7, 11) is 0. The average molecular weight is 908 g/mol. The van der Waals surface area contributed by atoms with Crippen LogP contribution in [0.25, 0.3) is 32.3 Å². The summed E-state index contributed by atoms with van der Waals surface area (Å²) in [5.74, 6) is 0. The molecule has 0 aliphatic rings. The highest BCUT2D eigenvalue weighted by Crippen LogP contribution is 2.44. The molecule has 0 saturated carbocycles. The molecular formula is C64H106S. The van der Waals surface area contributed by atoms with E-state index >= 15 is 0 Å². The number of aryl methyl sites for hydroxylation is 4. The Morgan fingerprint density at radius 1 is 0.262 bits per heavy atom. The van der Waals surface area contributed by atoms with Crippen LogP contribution < -0.4 is 0 Å². The highest BCUT2D eigenvalue weighted by molar-refractivity contribution is 7.80. The van der Waals surface area contributed by atoms with Crippen LogP contribution in [0.3, 0.4) is 0 Å². The summed E-state index contributed by atoms with van der Waals surface area (Å²) >= 11 is 5.53. The van der Waals surface area contributed by atoms with Gasteiger partial charge in [-0.2, -0.15) is 0 Å². The maximum atomic E-state index is 5.53. The third-order valence-corrected chi connectivity index (χ3v) is 16.1. The molecular weight excluding hydrogens is 801 g/mol.